The maximum atomic E-state index is 12.1. The van der Waals surface area contributed by atoms with Gasteiger partial charge in [0.1, 0.15) is 0 Å². The molecule has 0 bridgehead atoms. The van der Waals surface area contributed by atoms with E-state index in [0.717, 1.165) is 12.1 Å². The van der Waals surface area contributed by atoms with Crippen molar-refractivity contribution in [2.45, 2.75) is 25.9 Å². The van der Waals surface area contributed by atoms with Crippen molar-refractivity contribution >= 4 is 11.8 Å². The van der Waals surface area contributed by atoms with E-state index in [0.29, 0.717) is 24.7 Å². The van der Waals surface area contributed by atoms with Gasteiger partial charge in [-0.1, -0.05) is 19.1 Å². The molecule has 1 aromatic rings. The quantitative estimate of drug-likeness (QED) is 0.700. The Hall–Kier alpha value is -1.08. The molecule has 0 radical (unpaired) electrons. The molecular formula is C14H20F3NO2S. The molecule has 0 spiro atoms. The first kappa shape index (κ1) is 18.0. The lowest BCUT2D eigenvalue weighted by Crippen LogP contribution is -2.14. The predicted octanol–water partition coefficient (Wildman–Crippen LogP) is 3.83. The molecule has 0 aliphatic carbocycles. The summed E-state index contributed by atoms with van der Waals surface area (Å²) in [7, 11) is 0. The Labute approximate surface area is 127 Å². The number of hydrogen-bond acceptors (Lipinski definition) is 4. The maximum Gasteiger partial charge on any atom is 0.441 e. The van der Waals surface area contributed by atoms with E-state index in [1.807, 2.05) is 26.0 Å². The SMILES string of the molecule is CCNCc1cccc(OCC)c1OCCSC(F)(F)F. The Kier molecular flexibility index (Phi) is 7.74. The molecule has 0 amide bonds. The van der Waals surface area contributed by atoms with Crippen LogP contribution in [-0.2, 0) is 6.54 Å². The second-order valence-corrected chi connectivity index (χ2v) is 5.26. The first-order chi connectivity index (χ1) is 9.98. The number of para-hydroxylation sites is 1. The van der Waals surface area contributed by atoms with Crippen molar-refractivity contribution < 1.29 is 22.6 Å². The Bertz CT molecular complexity index is 427. The zero-order chi connectivity index (χ0) is 15.7. The topological polar surface area (TPSA) is 30.5 Å². The molecule has 7 heteroatoms. The molecule has 0 saturated heterocycles. The van der Waals surface area contributed by atoms with Gasteiger partial charge in [0.25, 0.3) is 0 Å². The monoisotopic (exact) mass is 323 g/mol. The van der Waals surface area contributed by atoms with E-state index in [4.69, 9.17) is 9.47 Å². The summed E-state index contributed by atoms with van der Waals surface area (Å²) in [5.41, 5.74) is -3.35. The minimum Gasteiger partial charge on any atom is -0.490 e. The normalized spacial score (nSPS) is 11.5. The average molecular weight is 323 g/mol. The van der Waals surface area contributed by atoms with Crippen LogP contribution < -0.4 is 14.8 Å². The van der Waals surface area contributed by atoms with E-state index in [2.05, 4.69) is 5.32 Å². The second kappa shape index (κ2) is 9.04. The largest absolute Gasteiger partial charge is 0.490 e. The van der Waals surface area contributed by atoms with Crippen LogP contribution in [0.5, 0.6) is 11.5 Å². The van der Waals surface area contributed by atoms with E-state index in [1.165, 1.54) is 0 Å². The first-order valence-corrected chi connectivity index (χ1v) is 7.75. The number of benzene rings is 1. The third-order valence-electron chi connectivity index (χ3n) is 2.52. The van der Waals surface area contributed by atoms with E-state index < -0.39 is 5.51 Å². The molecule has 1 aromatic carbocycles. The molecule has 1 rings (SSSR count). The van der Waals surface area contributed by atoms with Gasteiger partial charge in [0.05, 0.1) is 13.2 Å². The summed E-state index contributed by atoms with van der Waals surface area (Å²) in [6.07, 6.45) is 0. The predicted molar refractivity (Wildman–Crippen MR) is 79.0 cm³/mol. The van der Waals surface area contributed by atoms with Gasteiger partial charge in [0.15, 0.2) is 11.5 Å². The first-order valence-electron chi connectivity index (χ1n) is 6.76. The number of ether oxygens (including phenoxy) is 2. The molecule has 1 N–H and O–H groups in total. The third-order valence-corrected chi connectivity index (χ3v) is 3.22. The highest BCUT2D eigenvalue weighted by atomic mass is 32.2. The van der Waals surface area contributed by atoms with Crippen molar-refractivity contribution in [2.24, 2.45) is 0 Å². The highest BCUT2D eigenvalue weighted by Crippen LogP contribution is 2.33. The van der Waals surface area contributed by atoms with Gasteiger partial charge in [-0.15, -0.1) is 0 Å². The lowest BCUT2D eigenvalue weighted by molar-refractivity contribution is -0.0329. The van der Waals surface area contributed by atoms with E-state index in [1.54, 1.807) is 6.07 Å². The average Bonchev–Trinajstić information content (AvgIpc) is 2.42. The van der Waals surface area contributed by atoms with Crippen molar-refractivity contribution in [1.82, 2.24) is 5.32 Å². The maximum absolute atomic E-state index is 12.1. The van der Waals surface area contributed by atoms with Crippen LogP contribution in [0.25, 0.3) is 0 Å². The zero-order valence-electron chi connectivity index (χ0n) is 12.1. The Balaban J connectivity index is 2.70. The molecular weight excluding hydrogens is 303 g/mol. The van der Waals surface area contributed by atoms with Gasteiger partial charge < -0.3 is 14.8 Å². The van der Waals surface area contributed by atoms with Crippen LogP contribution in [0.4, 0.5) is 13.2 Å². The lowest BCUT2D eigenvalue weighted by Gasteiger charge is -2.16. The van der Waals surface area contributed by atoms with Crippen LogP contribution in [0.1, 0.15) is 19.4 Å². The Morgan fingerprint density at radius 2 is 1.95 bits per heavy atom. The third kappa shape index (κ3) is 6.95. The summed E-state index contributed by atoms with van der Waals surface area (Å²) in [6.45, 7) is 5.65. The molecule has 0 saturated carbocycles. The fraction of sp³-hybridized carbons (Fsp3) is 0.571. The molecule has 0 heterocycles. The second-order valence-electron chi connectivity index (χ2n) is 4.10. The summed E-state index contributed by atoms with van der Waals surface area (Å²) in [5, 5.41) is 3.17. The van der Waals surface area contributed by atoms with E-state index in [9.17, 15) is 13.2 Å². The molecule has 0 atom stereocenters. The van der Waals surface area contributed by atoms with Gasteiger partial charge in [0, 0.05) is 17.9 Å². The fourth-order valence-corrected chi connectivity index (χ4v) is 2.09. The molecule has 21 heavy (non-hydrogen) atoms. The number of halogens is 3. The zero-order valence-corrected chi connectivity index (χ0v) is 12.9. The van der Waals surface area contributed by atoms with Crippen LogP contribution in [0.15, 0.2) is 18.2 Å². The van der Waals surface area contributed by atoms with Crippen molar-refractivity contribution in [2.75, 3.05) is 25.5 Å². The summed E-state index contributed by atoms with van der Waals surface area (Å²) >= 11 is -0.0857. The highest BCUT2D eigenvalue weighted by Gasteiger charge is 2.27. The van der Waals surface area contributed by atoms with Crippen LogP contribution in [0, 0.1) is 0 Å². The van der Waals surface area contributed by atoms with Crippen LogP contribution in [0.2, 0.25) is 0 Å². The van der Waals surface area contributed by atoms with E-state index >= 15 is 0 Å². The molecule has 0 fully saturated rings. The van der Waals surface area contributed by atoms with Gasteiger partial charge in [-0.2, -0.15) is 13.2 Å². The standard InChI is InChI=1S/C14H20F3NO2S/c1-3-18-10-11-6-5-7-12(19-4-2)13(11)20-8-9-21-14(15,16)17/h5-7,18H,3-4,8-10H2,1-2H3. The van der Waals surface area contributed by atoms with Crippen LogP contribution >= 0.6 is 11.8 Å². The summed E-state index contributed by atoms with van der Waals surface area (Å²) in [5.74, 6) is 0.929. The van der Waals surface area contributed by atoms with Crippen LogP contribution in [0.3, 0.4) is 0 Å². The molecule has 0 aliphatic heterocycles. The summed E-state index contributed by atoms with van der Waals surface area (Å²) in [4.78, 5) is 0. The molecule has 0 unspecified atom stereocenters. The minimum absolute atomic E-state index is 0.0204. The van der Waals surface area contributed by atoms with Crippen molar-refractivity contribution in [3.05, 3.63) is 23.8 Å². The van der Waals surface area contributed by atoms with Crippen molar-refractivity contribution in [1.29, 1.82) is 0 Å². The number of alkyl halides is 3. The number of hydrogen-bond donors (Lipinski definition) is 1. The Morgan fingerprint density at radius 3 is 2.57 bits per heavy atom. The molecule has 0 aromatic heterocycles. The molecule has 3 nitrogen and oxygen atoms in total. The van der Waals surface area contributed by atoms with Gasteiger partial charge in [-0.3, -0.25) is 0 Å². The summed E-state index contributed by atoms with van der Waals surface area (Å²) in [6, 6.07) is 5.47. The molecule has 120 valence electrons. The van der Waals surface area contributed by atoms with Crippen molar-refractivity contribution in [3.63, 3.8) is 0 Å². The highest BCUT2D eigenvalue weighted by molar-refractivity contribution is 8.00. The van der Waals surface area contributed by atoms with E-state index in [-0.39, 0.29) is 24.1 Å². The lowest BCUT2D eigenvalue weighted by atomic mass is 10.2. The number of thioether (sulfide) groups is 1. The minimum atomic E-state index is -4.23. The Morgan fingerprint density at radius 1 is 1.19 bits per heavy atom. The fourth-order valence-electron chi connectivity index (χ4n) is 1.69. The van der Waals surface area contributed by atoms with Gasteiger partial charge in [0.2, 0.25) is 0 Å². The van der Waals surface area contributed by atoms with Crippen LogP contribution in [-0.4, -0.2) is 31.0 Å². The number of nitrogens with one attached hydrogen (secondary N) is 1. The van der Waals surface area contributed by atoms with Crippen molar-refractivity contribution in [3.8, 4) is 11.5 Å². The van der Waals surface area contributed by atoms with Gasteiger partial charge in [-0.05, 0) is 31.3 Å². The molecule has 0 aliphatic rings. The van der Waals surface area contributed by atoms with Gasteiger partial charge >= 0.3 is 5.51 Å². The summed E-state index contributed by atoms with van der Waals surface area (Å²) < 4.78 is 47.3. The van der Waals surface area contributed by atoms with Gasteiger partial charge in [-0.25, -0.2) is 0 Å². The number of rotatable bonds is 9. The smallest absolute Gasteiger partial charge is 0.441 e.